The molecule has 2 atom stereocenters. The van der Waals surface area contributed by atoms with Crippen LogP contribution in [0.3, 0.4) is 0 Å². The van der Waals surface area contributed by atoms with Gasteiger partial charge >= 0.3 is 0 Å². The molecule has 3 nitrogen and oxygen atoms in total. The number of ketones is 1. The molecule has 1 aliphatic heterocycles. The van der Waals surface area contributed by atoms with E-state index in [0.29, 0.717) is 5.57 Å². The number of nitrogens with one attached hydrogen (secondary N) is 1. The van der Waals surface area contributed by atoms with Gasteiger partial charge in [-0.05, 0) is 22.8 Å². The quantitative estimate of drug-likeness (QED) is 0.813. The standard InChI is InChI=1S/C18H13NO2/c20-17-14-10-12-8-4-5-9-13(12)16(14)19-18(21)15(17)11-6-2-1-3-7-11/h1-10,15-16H,(H,19,21). The van der Waals surface area contributed by atoms with Crippen molar-refractivity contribution >= 4 is 17.8 Å². The average molecular weight is 275 g/mol. The first kappa shape index (κ1) is 12.1. The molecule has 1 saturated heterocycles. The maximum atomic E-state index is 12.8. The molecule has 0 saturated carbocycles. The molecule has 2 aliphatic rings. The van der Waals surface area contributed by atoms with Crippen LogP contribution in [0.2, 0.25) is 0 Å². The number of Topliss-reactive ketones (excluding diaryl/α,β-unsaturated/α-hetero) is 1. The summed E-state index contributed by atoms with van der Waals surface area (Å²) in [6.45, 7) is 0. The first-order chi connectivity index (χ1) is 10.3. The lowest BCUT2D eigenvalue weighted by atomic mass is 9.83. The summed E-state index contributed by atoms with van der Waals surface area (Å²) in [7, 11) is 0. The summed E-state index contributed by atoms with van der Waals surface area (Å²) < 4.78 is 0. The van der Waals surface area contributed by atoms with Crippen molar-refractivity contribution in [2.24, 2.45) is 0 Å². The highest BCUT2D eigenvalue weighted by Gasteiger charge is 2.43. The van der Waals surface area contributed by atoms with Gasteiger partial charge in [0.1, 0.15) is 5.92 Å². The zero-order chi connectivity index (χ0) is 14.4. The zero-order valence-corrected chi connectivity index (χ0v) is 11.2. The Morgan fingerprint density at radius 2 is 1.57 bits per heavy atom. The molecule has 1 amide bonds. The molecule has 102 valence electrons. The Morgan fingerprint density at radius 1 is 0.857 bits per heavy atom. The highest BCUT2D eigenvalue weighted by atomic mass is 16.2. The molecular weight excluding hydrogens is 262 g/mol. The van der Waals surface area contributed by atoms with E-state index in [0.717, 1.165) is 16.7 Å². The van der Waals surface area contributed by atoms with Crippen molar-refractivity contribution in [3.05, 3.63) is 76.9 Å². The molecule has 1 aliphatic carbocycles. The van der Waals surface area contributed by atoms with Gasteiger partial charge in [-0.2, -0.15) is 0 Å². The summed E-state index contributed by atoms with van der Waals surface area (Å²) in [5, 5.41) is 2.99. The van der Waals surface area contributed by atoms with Crippen LogP contribution in [0, 0.1) is 0 Å². The SMILES string of the molecule is O=C1NC2C(=Cc3ccccc32)C(=O)C1c1ccccc1. The lowest BCUT2D eigenvalue weighted by Gasteiger charge is -2.28. The molecule has 2 aromatic rings. The van der Waals surface area contributed by atoms with Gasteiger partial charge in [-0.1, -0.05) is 54.6 Å². The number of carbonyl (C=O) groups is 2. The summed E-state index contributed by atoms with van der Waals surface area (Å²) in [5.74, 6) is -1.04. The third-order valence-corrected chi connectivity index (χ3v) is 4.16. The second-order valence-electron chi connectivity index (χ2n) is 5.38. The van der Waals surface area contributed by atoms with Crippen LogP contribution in [0.25, 0.3) is 6.08 Å². The fraction of sp³-hybridized carbons (Fsp3) is 0.111. The van der Waals surface area contributed by atoms with E-state index in [-0.39, 0.29) is 17.7 Å². The molecular formula is C18H13NO2. The van der Waals surface area contributed by atoms with E-state index in [1.54, 1.807) is 0 Å². The van der Waals surface area contributed by atoms with E-state index >= 15 is 0 Å². The molecule has 1 heterocycles. The molecule has 1 fully saturated rings. The van der Waals surface area contributed by atoms with Crippen molar-refractivity contribution < 1.29 is 9.59 Å². The minimum Gasteiger partial charge on any atom is -0.344 e. The summed E-state index contributed by atoms with van der Waals surface area (Å²) in [6.07, 6.45) is 1.90. The van der Waals surface area contributed by atoms with Crippen LogP contribution in [-0.2, 0) is 9.59 Å². The Labute approximate surface area is 122 Å². The van der Waals surface area contributed by atoms with Gasteiger partial charge in [0.15, 0.2) is 5.78 Å². The number of rotatable bonds is 1. The minimum atomic E-state index is -0.733. The largest absolute Gasteiger partial charge is 0.344 e. The monoisotopic (exact) mass is 275 g/mol. The molecule has 0 aromatic heterocycles. The van der Waals surface area contributed by atoms with E-state index < -0.39 is 5.92 Å². The highest BCUT2D eigenvalue weighted by Crippen LogP contribution is 2.40. The number of benzene rings is 2. The molecule has 2 unspecified atom stereocenters. The smallest absolute Gasteiger partial charge is 0.236 e. The maximum absolute atomic E-state index is 12.8. The summed E-state index contributed by atoms with van der Waals surface area (Å²) >= 11 is 0. The van der Waals surface area contributed by atoms with Crippen LogP contribution in [0.1, 0.15) is 28.7 Å². The highest BCUT2D eigenvalue weighted by molar-refractivity contribution is 6.20. The predicted octanol–water partition coefficient (Wildman–Crippen LogP) is 2.61. The van der Waals surface area contributed by atoms with Gasteiger partial charge in [0, 0.05) is 5.57 Å². The Bertz CT molecular complexity index is 777. The van der Waals surface area contributed by atoms with E-state index in [2.05, 4.69) is 5.32 Å². The third-order valence-electron chi connectivity index (χ3n) is 4.16. The topological polar surface area (TPSA) is 46.2 Å². The maximum Gasteiger partial charge on any atom is 0.236 e. The first-order valence-corrected chi connectivity index (χ1v) is 6.96. The molecule has 4 rings (SSSR count). The van der Waals surface area contributed by atoms with Crippen LogP contribution in [0.5, 0.6) is 0 Å². The van der Waals surface area contributed by atoms with Crippen LogP contribution >= 0.6 is 0 Å². The molecule has 3 heteroatoms. The fourth-order valence-corrected chi connectivity index (χ4v) is 3.15. The molecule has 0 radical (unpaired) electrons. The van der Waals surface area contributed by atoms with Gasteiger partial charge in [0.25, 0.3) is 0 Å². The van der Waals surface area contributed by atoms with E-state index in [4.69, 9.17) is 0 Å². The minimum absolute atomic E-state index is 0.0915. The Hall–Kier alpha value is -2.68. The average Bonchev–Trinajstić information content (AvgIpc) is 2.88. The number of piperidine rings is 1. The van der Waals surface area contributed by atoms with Crippen molar-refractivity contribution in [3.63, 3.8) is 0 Å². The summed E-state index contributed by atoms with van der Waals surface area (Å²) in [6, 6.07) is 16.7. The van der Waals surface area contributed by atoms with E-state index in [9.17, 15) is 9.59 Å². The number of hydrogen-bond acceptors (Lipinski definition) is 2. The van der Waals surface area contributed by atoms with Crippen LogP contribution in [-0.4, -0.2) is 11.7 Å². The lowest BCUT2D eigenvalue weighted by molar-refractivity contribution is -0.131. The molecule has 1 N–H and O–H groups in total. The van der Waals surface area contributed by atoms with Crippen molar-refractivity contribution in [2.75, 3.05) is 0 Å². The second kappa shape index (κ2) is 4.42. The van der Waals surface area contributed by atoms with Gasteiger partial charge in [0.05, 0.1) is 6.04 Å². The Morgan fingerprint density at radius 3 is 2.38 bits per heavy atom. The van der Waals surface area contributed by atoms with Gasteiger partial charge in [0.2, 0.25) is 5.91 Å². The molecule has 0 spiro atoms. The van der Waals surface area contributed by atoms with Gasteiger partial charge in [-0.25, -0.2) is 0 Å². The predicted molar refractivity (Wildman–Crippen MR) is 79.5 cm³/mol. The number of fused-ring (bicyclic) bond motifs is 3. The summed E-state index contributed by atoms with van der Waals surface area (Å²) in [5.41, 5.74) is 3.44. The number of carbonyl (C=O) groups excluding carboxylic acids is 2. The molecule has 21 heavy (non-hydrogen) atoms. The lowest BCUT2D eigenvalue weighted by Crippen LogP contribution is -2.43. The fourth-order valence-electron chi connectivity index (χ4n) is 3.15. The molecule has 0 bridgehead atoms. The van der Waals surface area contributed by atoms with Crippen LogP contribution in [0.15, 0.2) is 60.2 Å². The zero-order valence-electron chi connectivity index (χ0n) is 11.2. The van der Waals surface area contributed by atoms with Crippen molar-refractivity contribution in [1.82, 2.24) is 5.32 Å². The summed E-state index contributed by atoms with van der Waals surface area (Å²) in [4.78, 5) is 25.2. The molecule has 2 aromatic carbocycles. The van der Waals surface area contributed by atoms with Gasteiger partial charge in [-0.15, -0.1) is 0 Å². The number of hydrogen-bond donors (Lipinski definition) is 1. The second-order valence-corrected chi connectivity index (χ2v) is 5.38. The van der Waals surface area contributed by atoms with E-state index in [1.807, 2.05) is 60.7 Å². The van der Waals surface area contributed by atoms with Crippen LogP contribution in [0.4, 0.5) is 0 Å². The van der Waals surface area contributed by atoms with Crippen molar-refractivity contribution in [1.29, 1.82) is 0 Å². The Kier molecular flexibility index (Phi) is 2.54. The Balaban J connectivity index is 1.79. The van der Waals surface area contributed by atoms with Crippen LogP contribution < -0.4 is 5.32 Å². The van der Waals surface area contributed by atoms with Crippen molar-refractivity contribution in [2.45, 2.75) is 12.0 Å². The van der Waals surface area contributed by atoms with Gasteiger partial charge in [-0.3, -0.25) is 9.59 Å². The normalized spacial score (nSPS) is 23.1. The van der Waals surface area contributed by atoms with Crippen molar-refractivity contribution in [3.8, 4) is 0 Å². The first-order valence-electron chi connectivity index (χ1n) is 6.96. The van der Waals surface area contributed by atoms with E-state index in [1.165, 1.54) is 0 Å². The number of amides is 1. The third kappa shape index (κ3) is 1.74. The van der Waals surface area contributed by atoms with Gasteiger partial charge < -0.3 is 5.32 Å².